The van der Waals surface area contributed by atoms with Gasteiger partial charge in [0, 0.05) is 11.3 Å². The second-order valence-electron chi connectivity index (χ2n) is 4.94. The van der Waals surface area contributed by atoms with Crippen molar-refractivity contribution >= 4 is 28.7 Å². The molecule has 1 amide bonds. The van der Waals surface area contributed by atoms with Gasteiger partial charge in [-0.2, -0.15) is 0 Å². The largest absolute Gasteiger partial charge is 0.375 e. The third-order valence-electron chi connectivity index (χ3n) is 3.46. The lowest BCUT2D eigenvalue weighted by Gasteiger charge is -2.19. The van der Waals surface area contributed by atoms with Crippen LogP contribution in [0.5, 0.6) is 0 Å². The normalized spacial score (nSPS) is 20.6. The summed E-state index contributed by atoms with van der Waals surface area (Å²) in [7, 11) is 0. The van der Waals surface area contributed by atoms with E-state index in [0.29, 0.717) is 16.1 Å². The van der Waals surface area contributed by atoms with Crippen molar-refractivity contribution in [1.82, 2.24) is 0 Å². The molecule has 2 N–H and O–H groups in total. The number of hydrogen-bond donors (Lipinski definition) is 2. The van der Waals surface area contributed by atoms with Crippen LogP contribution in [0.1, 0.15) is 27.2 Å². The van der Waals surface area contributed by atoms with Crippen molar-refractivity contribution in [3.8, 4) is 0 Å². The summed E-state index contributed by atoms with van der Waals surface area (Å²) in [6.45, 7) is 1.88. The van der Waals surface area contributed by atoms with E-state index in [1.54, 1.807) is 29.6 Å². The summed E-state index contributed by atoms with van der Waals surface area (Å²) >= 11 is 1.31. The van der Waals surface area contributed by atoms with Crippen molar-refractivity contribution in [2.24, 2.45) is 0 Å². The number of nitrogens with one attached hydrogen (secondary N) is 1. The molecule has 0 fully saturated rings. The zero-order chi connectivity index (χ0) is 14.3. The van der Waals surface area contributed by atoms with E-state index in [4.69, 9.17) is 0 Å². The predicted molar refractivity (Wildman–Crippen MR) is 77.0 cm³/mol. The summed E-state index contributed by atoms with van der Waals surface area (Å²) < 4.78 is 0. The van der Waals surface area contributed by atoms with Crippen molar-refractivity contribution in [3.63, 3.8) is 0 Å². The van der Waals surface area contributed by atoms with Crippen molar-refractivity contribution in [2.45, 2.75) is 18.9 Å². The maximum atomic E-state index is 12.2. The highest BCUT2D eigenvalue weighted by Crippen LogP contribution is 2.39. The van der Waals surface area contributed by atoms with Crippen LogP contribution in [-0.2, 0) is 10.4 Å². The zero-order valence-electron chi connectivity index (χ0n) is 10.8. The summed E-state index contributed by atoms with van der Waals surface area (Å²) in [6, 6.07) is 8.81. The third-order valence-corrected chi connectivity index (χ3v) is 4.37. The first-order chi connectivity index (χ1) is 9.50. The highest BCUT2D eigenvalue weighted by molar-refractivity contribution is 7.12. The fourth-order valence-electron chi connectivity index (χ4n) is 2.39. The smallest absolute Gasteiger partial charge is 0.261 e. The standard InChI is InChI=1S/C15H13NO3S/c1-9-4-5-11-10(7-9)15(19,14(18)16-11)8-12(17)13-3-2-6-20-13/h2-7,19H,8H2,1H3,(H,16,18)/t15-/m0/s1. The predicted octanol–water partition coefficient (Wildman–Crippen LogP) is 2.47. The van der Waals surface area contributed by atoms with Gasteiger partial charge in [-0.1, -0.05) is 23.8 Å². The zero-order valence-corrected chi connectivity index (χ0v) is 11.7. The van der Waals surface area contributed by atoms with E-state index in [1.165, 1.54) is 11.3 Å². The molecule has 102 valence electrons. The van der Waals surface area contributed by atoms with Crippen LogP contribution >= 0.6 is 11.3 Å². The van der Waals surface area contributed by atoms with Crippen molar-refractivity contribution in [2.75, 3.05) is 5.32 Å². The summed E-state index contributed by atoms with van der Waals surface area (Å²) in [5.41, 5.74) is 0.208. The highest BCUT2D eigenvalue weighted by atomic mass is 32.1. The lowest BCUT2D eigenvalue weighted by molar-refractivity contribution is -0.133. The number of carbonyl (C=O) groups is 2. The molecule has 1 aromatic carbocycles. The number of benzene rings is 1. The first kappa shape index (κ1) is 13.0. The maximum Gasteiger partial charge on any atom is 0.261 e. The average Bonchev–Trinajstić information content (AvgIpc) is 3.00. The topological polar surface area (TPSA) is 66.4 Å². The first-order valence-corrected chi connectivity index (χ1v) is 7.10. The Morgan fingerprint density at radius 3 is 2.90 bits per heavy atom. The molecule has 0 unspecified atom stereocenters. The Kier molecular flexibility index (Phi) is 2.96. The highest BCUT2D eigenvalue weighted by Gasteiger charge is 2.46. The van der Waals surface area contributed by atoms with Crippen LogP contribution in [-0.4, -0.2) is 16.8 Å². The number of aliphatic hydroxyl groups is 1. The van der Waals surface area contributed by atoms with Gasteiger partial charge >= 0.3 is 0 Å². The van der Waals surface area contributed by atoms with E-state index < -0.39 is 11.5 Å². The molecule has 0 radical (unpaired) electrons. The van der Waals surface area contributed by atoms with Gasteiger partial charge in [0.15, 0.2) is 11.4 Å². The monoisotopic (exact) mass is 287 g/mol. The molecule has 0 saturated carbocycles. The molecule has 1 aromatic heterocycles. The molecule has 2 aromatic rings. The van der Waals surface area contributed by atoms with E-state index in [1.807, 2.05) is 13.0 Å². The number of amides is 1. The van der Waals surface area contributed by atoms with Crippen LogP contribution in [0.4, 0.5) is 5.69 Å². The molecule has 5 heteroatoms. The molecular formula is C15H13NO3S. The number of fused-ring (bicyclic) bond motifs is 1. The quantitative estimate of drug-likeness (QED) is 0.852. The molecule has 2 heterocycles. The third kappa shape index (κ3) is 1.95. The van der Waals surface area contributed by atoms with E-state index >= 15 is 0 Å². The van der Waals surface area contributed by atoms with Gasteiger partial charge in [0.2, 0.25) is 0 Å². The lowest BCUT2D eigenvalue weighted by Crippen LogP contribution is -2.36. The molecule has 4 nitrogen and oxygen atoms in total. The van der Waals surface area contributed by atoms with Gasteiger partial charge in [0.25, 0.3) is 5.91 Å². The average molecular weight is 287 g/mol. The summed E-state index contributed by atoms with van der Waals surface area (Å²) in [6.07, 6.45) is -0.240. The number of carbonyl (C=O) groups excluding carboxylic acids is 2. The number of hydrogen-bond acceptors (Lipinski definition) is 4. The van der Waals surface area contributed by atoms with Crippen LogP contribution in [0.2, 0.25) is 0 Å². The molecule has 20 heavy (non-hydrogen) atoms. The van der Waals surface area contributed by atoms with Gasteiger partial charge < -0.3 is 10.4 Å². The Bertz CT molecular complexity index is 693. The second-order valence-corrected chi connectivity index (χ2v) is 5.89. The molecule has 3 rings (SSSR count). The number of ketones is 1. The second kappa shape index (κ2) is 4.54. The van der Waals surface area contributed by atoms with E-state index in [-0.39, 0.29) is 12.2 Å². The molecule has 0 aliphatic carbocycles. The Balaban J connectivity index is 1.98. The summed E-state index contributed by atoms with van der Waals surface area (Å²) in [5.74, 6) is -0.769. The summed E-state index contributed by atoms with van der Waals surface area (Å²) in [5, 5.41) is 15.1. The molecule has 0 spiro atoms. The number of anilines is 1. The maximum absolute atomic E-state index is 12.2. The number of thiophene rings is 1. The fourth-order valence-corrected chi connectivity index (χ4v) is 3.05. The molecule has 1 aliphatic rings. The van der Waals surface area contributed by atoms with Gasteiger partial charge in [0.1, 0.15) is 0 Å². The number of Topliss-reactive ketones (excluding diaryl/α,β-unsaturated/α-hetero) is 1. The van der Waals surface area contributed by atoms with Gasteiger partial charge in [-0.3, -0.25) is 9.59 Å². The van der Waals surface area contributed by atoms with Gasteiger partial charge in [-0.25, -0.2) is 0 Å². The minimum Gasteiger partial charge on any atom is -0.375 e. The molecule has 0 saturated heterocycles. The van der Waals surface area contributed by atoms with Crippen LogP contribution < -0.4 is 5.32 Å². The van der Waals surface area contributed by atoms with E-state index in [0.717, 1.165) is 5.56 Å². The summed E-state index contributed by atoms with van der Waals surface area (Å²) in [4.78, 5) is 24.8. The number of rotatable bonds is 3. The molecule has 1 aliphatic heterocycles. The van der Waals surface area contributed by atoms with Gasteiger partial charge in [-0.15, -0.1) is 11.3 Å². The molecule has 1 atom stereocenters. The van der Waals surface area contributed by atoms with Crippen molar-refractivity contribution in [1.29, 1.82) is 0 Å². The van der Waals surface area contributed by atoms with Crippen LogP contribution in [0, 0.1) is 6.92 Å². The van der Waals surface area contributed by atoms with Crippen LogP contribution in [0.3, 0.4) is 0 Å². The SMILES string of the molecule is Cc1ccc2c(c1)[C@@](O)(CC(=O)c1cccs1)C(=O)N2. The van der Waals surface area contributed by atoms with E-state index in [9.17, 15) is 14.7 Å². The molecule has 0 bridgehead atoms. The van der Waals surface area contributed by atoms with Crippen molar-refractivity contribution < 1.29 is 14.7 Å². The lowest BCUT2D eigenvalue weighted by atomic mass is 9.89. The Labute approximate surface area is 120 Å². The number of aryl methyl sites for hydroxylation is 1. The minimum atomic E-state index is -1.78. The Hall–Kier alpha value is -1.98. The van der Waals surface area contributed by atoms with Gasteiger partial charge in [-0.05, 0) is 24.4 Å². The first-order valence-electron chi connectivity index (χ1n) is 6.22. The minimum absolute atomic E-state index is 0.230. The Morgan fingerprint density at radius 1 is 1.40 bits per heavy atom. The van der Waals surface area contributed by atoms with Crippen LogP contribution in [0.25, 0.3) is 0 Å². The Morgan fingerprint density at radius 2 is 2.20 bits per heavy atom. The fraction of sp³-hybridized carbons (Fsp3) is 0.200. The molecular weight excluding hydrogens is 274 g/mol. The van der Waals surface area contributed by atoms with Crippen molar-refractivity contribution in [3.05, 3.63) is 51.7 Å². The van der Waals surface area contributed by atoms with Crippen LogP contribution in [0.15, 0.2) is 35.7 Å². The van der Waals surface area contributed by atoms with Gasteiger partial charge in [0.05, 0.1) is 11.3 Å². The van der Waals surface area contributed by atoms with E-state index in [2.05, 4.69) is 5.32 Å².